The molecule has 0 spiro atoms. The second kappa shape index (κ2) is 9.75. The Balaban J connectivity index is 1.27. The molecule has 206 valence electrons. The summed E-state index contributed by atoms with van der Waals surface area (Å²) in [6.45, 7) is 0. The summed E-state index contributed by atoms with van der Waals surface area (Å²) < 4.78 is 96.3. The molecule has 3 aromatic heterocycles. The minimum atomic E-state index is -0.616. The molecule has 0 atom stereocenters. The van der Waals surface area contributed by atoms with E-state index in [2.05, 4.69) is 15.0 Å². The van der Waals surface area contributed by atoms with E-state index in [1.54, 1.807) is 12.1 Å². The lowest BCUT2D eigenvalue weighted by atomic mass is 10.00. The Morgan fingerprint density at radius 3 is 1.55 bits per heavy atom. The molecule has 3 heterocycles. The van der Waals surface area contributed by atoms with Gasteiger partial charge in [-0.1, -0.05) is 121 Å². The van der Waals surface area contributed by atoms with E-state index in [0.717, 1.165) is 43.8 Å². The topological polar surface area (TPSA) is 65.0 Å². The van der Waals surface area contributed by atoms with Crippen LogP contribution in [0, 0.1) is 0 Å². The number of furan rings is 2. The summed E-state index contributed by atoms with van der Waals surface area (Å²) >= 11 is 0. The van der Waals surface area contributed by atoms with Gasteiger partial charge in [-0.3, -0.25) is 0 Å². The fraction of sp³-hybridized carbons (Fsp3) is 0. The molecule has 0 aliphatic carbocycles. The van der Waals surface area contributed by atoms with Gasteiger partial charge in [0.25, 0.3) is 0 Å². The van der Waals surface area contributed by atoms with Crippen LogP contribution in [0.5, 0.6) is 0 Å². The lowest BCUT2D eigenvalue weighted by Gasteiger charge is -2.08. The summed E-state index contributed by atoms with van der Waals surface area (Å²) in [5, 5.41) is 3.58. The van der Waals surface area contributed by atoms with Crippen LogP contribution < -0.4 is 0 Å². The molecule has 44 heavy (non-hydrogen) atoms. The highest BCUT2D eigenvalue weighted by Crippen LogP contribution is 2.41. The quantitative estimate of drug-likeness (QED) is 0.209. The highest BCUT2D eigenvalue weighted by atomic mass is 16.3. The molecule has 9 aromatic rings. The summed E-state index contributed by atoms with van der Waals surface area (Å²) in [5.41, 5.74) is 3.89. The van der Waals surface area contributed by atoms with Crippen molar-refractivity contribution in [2.75, 3.05) is 0 Å². The zero-order chi connectivity index (χ0) is 37.7. The molecule has 9 rings (SSSR count). The van der Waals surface area contributed by atoms with Crippen molar-refractivity contribution in [1.29, 1.82) is 0 Å². The standard InChI is InChI=1S/C39H23N3O2/c1-3-11-24(12-4-1)37-40-38(25-13-5-2-6-14-25)42-39(41-37)26-21-22-28-30-17-10-19-32(36(30)44-34(28)23-26)31-18-9-16-29-27-15-7-8-20-33(27)43-35(29)31/h1-23H/i1D,2D,3D,4D,5D,6D,11D,12D,13D,14D. The summed E-state index contributed by atoms with van der Waals surface area (Å²) in [4.78, 5) is 13.4. The number of fused-ring (bicyclic) bond motifs is 6. The smallest absolute Gasteiger partial charge is 0.164 e. The van der Waals surface area contributed by atoms with Crippen LogP contribution in [0.15, 0.2) is 148 Å². The average Bonchev–Trinajstić information content (AvgIpc) is 3.76. The SMILES string of the molecule is [2H]c1c([2H])c([2H])c(-c2nc(-c3ccc4c(c3)oc3c(-c5cccc6c5oc5ccccc56)cccc34)nc(-c3c([2H])c([2H])c([2H])c([2H])c3[2H])n2)c([2H])c1[2H]. The first-order valence-electron chi connectivity index (χ1n) is 18.7. The minimum Gasteiger partial charge on any atom is -0.455 e. The van der Waals surface area contributed by atoms with E-state index in [1.165, 1.54) is 0 Å². The molecular formula is C39H23N3O2. The van der Waals surface area contributed by atoms with E-state index in [1.807, 2.05) is 66.7 Å². The second-order valence-corrected chi connectivity index (χ2v) is 10.1. The number of para-hydroxylation sites is 3. The van der Waals surface area contributed by atoms with Crippen LogP contribution in [0.3, 0.4) is 0 Å². The number of hydrogen-bond acceptors (Lipinski definition) is 5. The molecular weight excluding hydrogens is 542 g/mol. The largest absolute Gasteiger partial charge is 0.455 e. The van der Waals surface area contributed by atoms with Crippen LogP contribution in [0.1, 0.15) is 13.7 Å². The van der Waals surface area contributed by atoms with E-state index in [0.29, 0.717) is 16.7 Å². The van der Waals surface area contributed by atoms with Crippen molar-refractivity contribution in [3.63, 3.8) is 0 Å². The fourth-order valence-electron chi connectivity index (χ4n) is 5.56. The Morgan fingerprint density at radius 2 is 0.932 bits per heavy atom. The molecule has 0 unspecified atom stereocenters. The van der Waals surface area contributed by atoms with Gasteiger partial charge < -0.3 is 8.83 Å². The molecule has 0 saturated carbocycles. The van der Waals surface area contributed by atoms with Crippen LogP contribution >= 0.6 is 0 Å². The van der Waals surface area contributed by atoms with Crippen molar-refractivity contribution < 1.29 is 22.5 Å². The zero-order valence-electron chi connectivity index (χ0n) is 32.7. The van der Waals surface area contributed by atoms with Gasteiger partial charge in [-0.15, -0.1) is 0 Å². The van der Waals surface area contributed by atoms with Gasteiger partial charge in [0, 0.05) is 49.4 Å². The van der Waals surface area contributed by atoms with Gasteiger partial charge in [0.1, 0.15) is 22.3 Å². The number of hydrogen-bond donors (Lipinski definition) is 0. The van der Waals surface area contributed by atoms with E-state index < -0.39 is 60.4 Å². The highest BCUT2D eigenvalue weighted by Gasteiger charge is 2.18. The third kappa shape index (κ3) is 3.91. The van der Waals surface area contributed by atoms with Crippen LogP contribution in [0.25, 0.3) is 89.2 Å². The van der Waals surface area contributed by atoms with Crippen molar-refractivity contribution in [1.82, 2.24) is 15.0 Å². The Bertz CT molecular complexity index is 2940. The first-order valence-corrected chi connectivity index (χ1v) is 13.7. The third-order valence-electron chi connectivity index (χ3n) is 7.53. The number of rotatable bonds is 4. The first-order chi connectivity index (χ1) is 25.9. The molecule has 0 fully saturated rings. The van der Waals surface area contributed by atoms with Gasteiger partial charge in [0.15, 0.2) is 17.5 Å². The molecule has 5 heteroatoms. The highest BCUT2D eigenvalue weighted by molar-refractivity contribution is 6.15. The van der Waals surface area contributed by atoms with Gasteiger partial charge in [0.2, 0.25) is 0 Å². The Morgan fingerprint density at radius 1 is 0.432 bits per heavy atom. The number of nitrogens with zero attached hydrogens (tertiary/aromatic N) is 3. The fourth-order valence-corrected chi connectivity index (χ4v) is 5.56. The first kappa shape index (κ1) is 16.5. The summed E-state index contributed by atoms with van der Waals surface area (Å²) in [6.07, 6.45) is 0. The van der Waals surface area contributed by atoms with Gasteiger partial charge in [-0.25, -0.2) is 15.0 Å². The van der Waals surface area contributed by atoms with Gasteiger partial charge in [0.05, 0.1) is 13.7 Å². The average molecular weight is 576 g/mol. The maximum atomic E-state index is 8.59. The minimum absolute atomic E-state index is 0.0526. The van der Waals surface area contributed by atoms with E-state index in [9.17, 15) is 0 Å². The number of aromatic nitrogens is 3. The number of benzene rings is 6. The molecule has 0 bridgehead atoms. The van der Waals surface area contributed by atoms with Gasteiger partial charge in [-0.05, 0) is 18.2 Å². The van der Waals surface area contributed by atoms with Crippen molar-refractivity contribution in [2.24, 2.45) is 0 Å². The maximum Gasteiger partial charge on any atom is 0.164 e. The maximum absolute atomic E-state index is 8.59. The van der Waals surface area contributed by atoms with Crippen LogP contribution in [0.4, 0.5) is 0 Å². The van der Waals surface area contributed by atoms with Crippen molar-refractivity contribution in [3.8, 4) is 45.3 Å². The van der Waals surface area contributed by atoms with Crippen molar-refractivity contribution >= 4 is 43.9 Å². The summed E-state index contributed by atoms with van der Waals surface area (Å²) in [5.74, 6) is -0.738. The van der Waals surface area contributed by atoms with Crippen LogP contribution in [-0.2, 0) is 0 Å². The molecule has 5 nitrogen and oxygen atoms in total. The Labute approximate surface area is 266 Å². The lowest BCUT2D eigenvalue weighted by Crippen LogP contribution is -2.00. The van der Waals surface area contributed by atoms with Crippen LogP contribution in [-0.4, -0.2) is 15.0 Å². The van der Waals surface area contributed by atoms with E-state index >= 15 is 0 Å². The van der Waals surface area contributed by atoms with Crippen molar-refractivity contribution in [2.45, 2.75) is 0 Å². The van der Waals surface area contributed by atoms with Gasteiger partial charge >= 0.3 is 0 Å². The monoisotopic (exact) mass is 575 g/mol. The van der Waals surface area contributed by atoms with Crippen molar-refractivity contribution in [3.05, 3.63) is 139 Å². The zero-order valence-corrected chi connectivity index (χ0v) is 22.7. The summed E-state index contributed by atoms with van der Waals surface area (Å²) in [6, 6.07) is 18.9. The van der Waals surface area contributed by atoms with E-state index in [4.69, 9.17) is 22.5 Å². The molecule has 0 amide bonds. The molecule has 0 aliphatic rings. The Kier molecular flexibility index (Phi) is 3.66. The molecule has 0 saturated heterocycles. The molecule has 6 aromatic carbocycles. The predicted molar refractivity (Wildman–Crippen MR) is 176 cm³/mol. The normalized spacial score (nSPS) is 14.8. The van der Waals surface area contributed by atoms with Crippen LogP contribution in [0.2, 0.25) is 0 Å². The molecule has 0 radical (unpaired) electrons. The summed E-state index contributed by atoms with van der Waals surface area (Å²) in [7, 11) is 0. The Hall–Kier alpha value is -6.07. The van der Waals surface area contributed by atoms with E-state index in [-0.39, 0.29) is 28.6 Å². The lowest BCUT2D eigenvalue weighted by molar-refractivity contribution is 0.665. The third-order valence-corrected chi connectivity index (χ3v) is 7.53. The van der Waals surface area contributed by atoms with Gasteiger partial charge in [-0.2, -0.15) is 0 Å². The molecule has 0 N–H and O–H groups in total. The predicted octanol–water partition coefficient (Wildman–Crippen LogP) is 10.3. The second-order valence-electron chi connectivity index (χ2n) is 10.1. The molecule has 0 aliphatic heterocycles.